The summed E-state index contributed by atoms with van der Waals surface area (Å²) in [5, 5.41) is 0. The van der Waals surface area contributed by atoms with E-state index in [2.05, 4.69) is 7.05 Å². The topological polar surface area (TPSA) is 62.1 Å². The van der Waals surface area contributed by atoms with Crippen LogP contribution in [0.15, 0.2) is 18.2 Å². The molecule has 2 fully saturated rings. The van der Waals surface area contributed by atoms with Crippen molar-refractivity contribution in [2.75, 3.05) is 49.8 Å². The van der Waals surface area contributed by atoms with E-state index < -0.39 is 10.0 Å². The maximum atomic E-state index is 12.8. The third kappa shape index (κ3) is 3.42. The molecule has 0 aliphatic carbocycles. The summed E-state index contributed by atoms with van der Waals surface area (Å²) < 4.78 is 26.2. The fraction of sp³-hybridized carbons (Fsp3) is 0.588. The Labute approximate surface area is 144 Å². The van der Waals surface area contributed by atoms with Crippen LogP contribution < -0.4 is 9.21 Å². The van der Waals surface area contributed by atoms with Gasteiger partial charge >= 0.3 is 0 Å². The van der Waals surface area contributed by atoms with E-state index in [1.807, 2.05) is 24.0 Å². The number of carbonyl (C=O) groups excluding carboxylic acids is 1. The third-order valence-corrected chi connectivity index (χ3v) is 6.83. The molecule has 1 N–H and O–H groups in total. The van der Waals surface area contributed by atoms with Gasteiger partial charge in [-0.05, 0) is 37.5 Å². The van der Waals surface area contributed by atoms with E-state index >= 15 is 0 Å². The van der Waals surface area contributed by atoms with Crippen molar-refractivity contribution in [3.63, 3.8) is 0 Å². The lowest BCUT2D eigenvalue weighted by atomic mass is 10.1. The number of anilines is 1. The van der Waals surface area contributed by atoms with Gasteiger partial charge in [-0.25, -0.2) is 8.42 Å². The quantitative estimate of drug-likeness (QED) is 0.808. The average Bonchev–Trinajstić information content (AvgIpc) is 2.55. The maximum absolute atomic E-state index is 12.8. The number of amides is 1. The monoisotopic (exact) mass is 352 g/mol. The van der Waals surface area contributed by atoms with Gasteiger partial charge in [-0.1, -0.05) is 6.07 Å². The van der Waals surface area contributed by atoms with Crippen molar-refractivity contribution >= 4 is 21.6 Å². The Hall–Kier alpha value is -1.60. The van der Waals surface area contributed by atoms with Crippen LogP contribution in [0, 0.1) is 6.92 Å². The first-order chi connectivity index (χ1) is 11.4. The maximum Gasteiger partial charge on any atom is 0.254 e. The van der Waals surface area contributed by atoms with E-state index in [4.69, 9.17) is 0 Å². The van der Waals surface area contributed by atoms with Gasteiger partial charge in [-0.3, -0.25) is 9.10 Å². The van der Waals surface area contributed by atoms with Crippen LogP contribution in [0.3, 0.4) is 0 Å². The first kappa shape index (κ1) is 17.2. The van der Waals surface area contributed by atoms with Crippen LogP contribution in [0.4, 0.5) is 5.69 Å². The van der Waals surface area contributed by atoms with Crippen LogP contribution in [0.2, 0.25) is 0 Å². The van der Waals surface area contributed by atoms with E-state index in [0.717, 1.165) is 38.2 Å². The SMILES string of the molecule is Cc1ccc(C(=O)N2CC[NH+](C)CC2)cc1N1CCCCS1(=O)=O. The number of nitrogens with zero attached hydrogens (tertiary/aromatic N) is 2. The first-order valence-corrected chi connectivity index (χ1v) is 10.2. The summed E-state index contributed by atoms with van der Waals surface area (Å²) in [4.78, 5) is 16.1. The number of nitrogens with one attached hydrogen (secondary N) is 1. The second kappa shape index (κ2) is 6.72. The summed E-state index contributed by atoms with van der Waals surface area (Å²) in [6.07, 6.45) is 1.57. The second-order valence-corrected chi connectivity index (χ2v) is 8.86. The Morgan fingerprint density at radius 1 is 1.12 bits per heavy atom. The molecule has 0 bridgehead atoms. The molecule has 132 valence electrons. The van der Waals surface area contributed by atoms with Gasteiger partial charge < -0.3 is 9.80 Å². The number of hydrogen-bond donors (Lipinski definition) is 1. The standard InChI is InChI=1S/C17H25N3O3S/c1-14-5-6-15(17(21)19-10-8-18(2)9-11-19)13-16(14)20-7-3-4-12-24(20,22)23/h5-6,13H,3-4,7-12H2,1-2H3/p+1. The van der Waals surface area contributed by atoms with Gasteiger partial charge in [-0.2, -0.15) is 0 Å². The zero-order chi connectivity index (χ0) is 17.3. The van der Waals surface area contributed by atoms with Crippen LogP contribution >= 0.6 is 0 Å². The highest BCUT2D eigenvalue weighted by Gasteiger charge is 2.29. The molecule has 0 aromatic heterocycles. The average molecular weight is 352 g/mol. The fourth-order valence-electron chi connectivity index (χ4n) is 3.34. The lowest BCUT2D eigenvalue weighted by Crippen LogP contribution is -3.12. The molecule has 24 heavy (non-hydrogen) atoms. The molecule has 1 aromatic carbocycles. The predicted molar refractivity (Wildman–Crippen MR) is 94.1 cm³/mol. The van der Waals surface area contributed by atoms with Crippen molar-refractivity contribution in [1.29, 1.82) is 0 Å². The molecule has 1 aromatic rings. The van der Waals surface area contributed by atoms with E-state index in [0.29, 0.717) is 24.2 Å². The van der Waals surface area contributed by atoms with Crippen LogP contribution in [-0.4, -0.2) is 64.7 Å². The first-order valence-electron chi connectivity index (χ1n) is 8.60. The van der Waals surface area contributed by atoms with Crippen molar-refractivity contribution < 1.29 is 18.1 Å². The van der Waals surface area contributed by atoms with Gasteiger partial charge in [0.25, 0.3) is 5.91 Å². The number of rotatable bonds is 2. The van der Waals surface area contributed by atoms with Crippen LogP contribution in [0.1, 0.15) is 28.8 Å². The number of likely N-dealkylation sites (N-methyl/N-ethyl adjacent to an activating group) is 1. The van der Waals surface area contributed by atoms with Crippen molar-refractivity contribution in [3.8, 4) is 0 Å². The molecule has 6 nitrogen and oxygen atoms in total. The summed E-state index contributed by atoms with van der Waals surface area (Å²) >= 11 is 0. The minimum atomic E-state index is -3.27. The summed E-state index contributed by atoms with van der Waals surface area (Å²) in [6.45, 7) is 5.79. The number of carbonyl (C=O) groups is 1. The Balaban J connectivity index is 1.87. The zero-order valence-electron chi connectivity index (χ0n) is 14.4. The molecule has 0 atom stereocenters. The molecule has 3 rings (SSSR count). The number of sulfonamides is 1. The lowest BCUT2D eigenvalue weighted by molar-refractivity contribution is -0.883. The smallest absolute Gasteiger partial charge is 0.254 e. The molecule has 0 saturated carbocycles. The zero-order valence-corrected chi connectivity index (χ0v) is 15.2. The number of benzene rings is 1. The predicted octanol–water partition coefficient (Wildman–Crippen LogP) is -0.104. The summed E-state index contributed by atoms with van der Waals surface area (Å²) in [5.41, 5.74) is 2.12. The molecule has 1 amide bonds. The highest BCUT2D eigenvalue weighted by molar-refractivity contribution is 7.92. The molecule has 0 unspecified atom stereocenters. The van der Waals surface area contributed by atoms with Crippen LogP contribution in [0.5, 0.6) is 0 Å². The molecular formula is C17H26N3O3S+. The number of quaternary nitrogens is 1. The Morgan fingerprint density at radius 3 is 2.50 bits per heavy atom. The van der Waals surface area contributed by atoms with E-state index in [1.54, 1.807) is 6.07 Å². The Bertz CT molecular complexity index is 725. The van der Waals surface area contributed by atoms with Crippen molar-refractivity contribution in [3.05, 3.63) is 29.3 Å². The molecular weight excluding hydrogens is 326 g/mol. The van der Waals surface area contributed by atoms with Gasteiger partial charge in [0.2, 0.25) is 10.0 Å². The number of aryl methyl sites for hydroxylation is 1. The Kier molecular flexibility index (Phi) is 4.83. The van der Waals surface area contributed by atoms with Gasteiger partial charge in [0.05, 0.1) is 44.7 Å². The minimum absolute atomic E-state index is 0.00171. The van der Waals surface area contributed by atoms with E-state index in [1.165, 1.54) is 9.21 Å². The highest BCUT2D eigenvalue weighted by atomic mass is 32.2. The largest absolute Gasteiger partial charge is 0.334 e. The minimum Gasteiger partial charge on any atom is -0.334 e. The third-order valence-electron chi connectivity index (χ3n) is 4.98. The molecule has 0 radical (unpaired) electrons. The highest BCUT2D eigenvalue weighted by Crippen LogP contribution is 2.28. The van der Waals surface area contributed by atoms with Crippen LogP contribution in [0.25, 0.3) is 0 Å². The molecule has 7 heteroatoms. The normalized spacial score (nSPS) is 21.8. The molecule has 2 aliphatic heterocycles. The van der Waals surface area contributed by atoms with E-state index in [9.17, 15) is 13.2 Å². The number of piperazine rings is 1. The van der Waals surface area contributed by atoms with Crippen molar-refractivity contribution in [2.24, 2.45) is 0 Å². The van der Waals surface area contributed by atoms with Gasteiger partial charge in [0.15, 0.2) is 0 Å². The van der Waals surface area contributed by atoms with Crippen molar-refractivity contribution in [2.45, 2.75) is 19.8 Å². The van der Waals surface area contributed by atoms with Gasteiger partial charge in [0.1, 0.15) is 0 Å². The molecule has 2 saturated heterocycles. The van der Waals surface area contributed by atoms with E-state index in [-0.39, 0.29) is 11.7 Å². The van der Waals surface area contributed by atoms with Crippen LogP contribution in [-0.2, 0) is 10.0 Å². The van der Waals surface area contributed by atoms with Gasteiger partial charge in [0, 0.05) is 12.1 Å². The molecule has 2 heterocycles. The lowest BCUT2D eigenvalue weighted by Gasteiger charge is -2.31. The fourth-order valence-corrected chi connectivity index (χ4v) is 5.04. The molecule has 2 aliphatic rings. The van der Waals surface area contributed by atoms with Crippen molar-refractivity contribution in [1.82, 2.24) is 4.90 Å². The molecule has 0 spiro atoms. The Morgan fingerprint density at radius 2 is 1.83 bits per heavy atom. The van der Waals surface area contributed by atoms with Gasteiger partial charge in [-0.15, -0.1) is 0 Å². The summed E-state index contributed by atoms with van der Waals surface area (Å²) in [7, 11) is -1.14. The number of hydrogen-bond acceptors (Lipinski definition) is 3. The summed E-state index contributed by atoms with van der Waals surface area (Å²) in [6, 6.07) is 5.42. The second-order valence-electron chi connectivity index (χ2n) is 6.85. The summed E-state index contributed by atoms with van der Waals surface area (Å²) in [5.74, 6) is 0.185.